The molecule has 4 heteroatoms. The summed E-state index contributed by atoms with van der Waals surface area (Å²) in [6.45, 7) is 1.99. The number of hydrogen-bond donors (Lipinski definition) is 1. The highest BCUT2D eigenvalue weighted by molar-refractivity contribution is 5.90. The van der Waals surface area contributed by atoms with E-state index in [1.54, 1.807) is 6.92 Å². The van der Waals surface area contributed by atoms with Crippen LogP contribution in [0.25, 0.3) is 10.8 Å². The van der Waals surface area contributed by atoms with E-state index in [1.165, 1.54) is 0 Å². The van der Waals surface area contributed by atoms with Crippen molar-refractivity contribution in [3.63, 3.8) is 0 Å². The molecule has 3 rings (SSSR count). The molecule has 0 unspecified atom stereocenters. The van der Waals surface area contributed by atoms with Gasteiger partial charge in [0.25, 0.3) is 5.91 Å². The minimum atomic E-state index is -0.832. The van der Waals surface area contributed by atoms with E-state index in [9.17, 15) is 9.59 Å². The van der Waals surface area contributed by atoms with Crippen LogP contribution in [0.5, 0.6) is 0 Å². The fourth-order valence-electron chi connectivity index (χ4n) is 2.82. The largest absolute Gasteiger partial charge is 0.452 e. The van der Waals surface area contributed by atoms with E-state index in [2.05, 4.69) is 5.32 Å². The van der Waals surface area contributed by atoms with Crippen LogP contribution < -0.4 is 5.32 Å². The second kappa shape index (κ2) is 8.30. The molecule has 0 fully saturated rings. The van der Waals surface area contributed by atoms with Crippen LogP contribution >= 0.6 is 0 Å². The highest BCUT2D eigenvalue weighted by Gasteiger charge is 2.18. The van der Waals surface area contributed by atoms with Crippen molar-refractivity contribution >= 4 is 22.6 Å². The maximum atomic E-state index is 12.2. The van der Waals surface area contributed by atoms with Crippen LogP contribution in [0.15, 0.2) is 72.8 Å². The lowest BCUT2D eigenvalue weighted by Gasteiger charge is -2.14. The molecule has 1 atom stereocenters. The van der Waals surface area contributed by atoms with Gasteiger partial charge in [0.2, 0.25) is 0 Å². The van der Waals surface area contributed by atoms with Crippen molar-refractivity contribution in [1.82, 2.24) is 5.32 Å². The molecule has 0 saturated heterocycles. The Balaban J connectivity index is 1.56. The van der Waals surface area contributed by atoms with Crippen molar-refractivity contribution < 1.29 is 14.3 Å². The Morgan fingerprint density at radius 2 is 1.62 bits per heavy atom. The van der Waals surface area contributed by atoms with E-state index in [1.807, 2.05) is 72.8 Å². The van der Waals surface area contributed by atoms with Crippen LogP contribution in [0.1, 0.15) is 18.1 Å². The fourth-order valence-corrected chi connectivity index (χ4v) is 2.82. The molecule has 0 spiro atoms. The number of carbonyl (C=O) groups excluding carboxylic acids is 2. The lowest BCUT2D eigenvalue weighted by atomic mass is 10.0. The van der Waals surface area contributed by atoms with Crippen LogP contribution in [0, 0.1) is 0 Å². The van der Waals surface area contributed by atoms with Crippen LogP contribution in [0.3, 0.4) is 0 Å². The fraction of sp³-hybridized carbons (Fsp3) is 0.182. The topological polar surface area (TPSA) is 55.4 Å². The maximum Gasteiger partial charge on any atom is 0.311 e. The Morgan fingerprint density at radius 1 is 0.923 bits per heavy atom. The molecular formula is C22H21NO3. The number of hydrogen-bond acceptors (Lipinski definition) is 3. The summed E-state index contributed by atoms with van der Waals surface area (Å²) < 4.78 is 5.30. The van der Waals surface area contributed by atoms with Gasteiger partial charge in [-0.05, 0) is 28.8 Å². The van der Waals surface area contributed by atoms with Gasteiger partial charge in [-0.3, -0.25) is 9.59 Å². The highest BCUT2D eigenvalue weighted by atomic mass is 16.5. The lowest BCUT2D eigenvalue weighted by Crippen LogP contribution is -2.35. The average Bonchev–Trinajstić information content (AvgIpc) is 2.67. The second-order valence-electron chi connectivity index (χ2n) is 6.15. The average molecular weight is 347 g/mol. The van der Waals surface area contributed by atoms with E-state index < -0.39 is 12.1 Å². The lowest BCUT2D eigenvalue weighted by molar-refractivity contribution is -0.154. The van der Waals surface area contributed by atoms with Crippen molar-refractivity contribution in [1.29, 1.82) is 0 Å². The number of fused-ring (bicyclic) bond motifs is 1. The number of carbonyl (C=O) groups is 2. The molecule has 0 aliphatic heterocycles. The summed E-state index contributed by atoms with van der Waals surface area (Å²) in [5.41, 5.74) is 1.89. The minimum absolute atomic E-state index is 0.137. The predicted octanol–water partition coefficient (Wildman–Crippen LogP) is 3.63. The third-order valence-corrected chi connectivity index (χ3v) is 4.20. The van der Waals surface area contributed by atoms with Crippen molar-refractivity contribution in [2.45, 2.75) is 26.0 Å². The summed E-state index contributed by atoms with van der Waals surface area (Å²) in [6, 6.07) is 23.3. The molecule has 0 bridgehead atoms. The van der Waals surface area contributed by atoms with Crippen LogP contribution in [0.4, 0.5) is 0 Å². The molecule has 0 saturated carbocycles. The van der Waals surface area contributed by atoms with Gasteiger partial charge >= 0.3 is 5.97 Å². The van der Waals surface area contributed by atoms with Crippen molar-refractivity contribution in [2.75, 3.05) is 0 Å². The van der Waals surface area contributed by atoms with Crippen LogP contribution in [-0.4, -0.2) is 18.0 Å². The van der Waals surface area contributed by atoms with Crippen LogP contribution in [-0.2, 0) is 27.3 Å². The Labute approximate surface area is 152 Å². The van der Waals surface area contributed by atoms with Gasteiger partial charge in [-0.15, -0.1) is 0 Å². The molecule has 3 aromatic carbocycles. The van der Waals surface area contributed by atoms with Gasteiger partial charge < -0.3 is 10.1 Å². The zero-order chi connectivity index (χ0) is 18.4. The number of amides is 1. The number of ether oxygens (including phenoxy) is 1. The van der Waals surface area contributed by atoms with E-state index in [0.29, 0.717) is 6.54 Å². The molecule has 0 aliphatic carbocycles. The first-order valence-corrected chi connectivity index (χ1v) is 8.61. The van der Waals surface area contributed by atoms with Crippen molar-refractivity contribution in [3.8, 4) is 0 Å². The number of esters is 1. The zero-order valence-corrected chi connectivity index (χ0v) is 14.6. The molecule has 4 nitrogen and oxygen atoms in total. The van der Waals surface area contributed by atoms with Gasteiger partial charge in [-0.2, -0.15) is 0 Å². The summed E-state index contributed by atoms with van der Waals surface area (Å²) in [6.07, 6.45) is -0.696. The van der Waals surface area contributed by atoms with Crippen molar-refractivity contribution in [3.05, 3.63) is 83.9 Å². The smallest absolute Gasteiger partial charge is 0.311 e. The molecule has 0 aromatic heterocycles. The van der Waals surface area contributed by atoms with Gasteiger partial charge in [0.05, 0.1) is 6.42 Å². The van der Waals surface area contributed by atoms with E-state index in [4.69, 9.17) is 4.74 Å². The Hall–Kier alpha value is -3.14. The van der Waals surface area contributed by atoms with Gasteiger partial charge in [0.15, 0.2) is 6.10 Å². The quantitative estimate of drug-likeness (QED) is 0.693. The molecule has 132 valence electrons. The maximum absolute atomic E-state index is 12.2. The third-order valence-electron chi connectivity index (χ3n) is 4.20. The summed E-state index contributed by atoms with van der Waals surface area (Å²) in [5, 5.41) is 4.88. The molecular weight excluding hydrogens is 326 g/mol. The Morgan fingerprint density at radius 3 is 2.42 bits per heavy atom. The molecule has 3 aromatic rings. The number of benzene rings is 3. The Bertz CT molecular complexity index is 900. The molecule has 1 amide bonds. The SMILES string of the molecule is C[C@H](OC(=O)Cc1cccc2ccccc12)C(=O)NCc1ccccc1. The van der Waals surface area contributed by atoms with E-state index >= 15 is 0 Å². The van der Waals surface area contributed by atoms with Gasteiger partial charge in [-0.25, -0.2) is 0 Å². The summed E-state index contributed by atoms with van der Waals surface area (Å²) in [5.74, 6) is -0.719. The van der Waals surface area contributed by atoms with Crippen molar-refractivity contribution in [2.24, 2.45) is 0 Å². The monoisotopic (exact) mass is 347 g/mol. The predicted molar refractivity (Wildman–Crippen MR) is 101 cm³/mol. The summed E-state index contributed by atoms with van der Waals surface area (Å²) >= 11 is 0. The highest BCUT2D eigenvalue weighted by Crippen LogP contribution is 2.19. The van der Waals surface area contributed by atoms with E-state index in [0.717, 1.165) is 21.9 Å². The van der Waals surface area contributed by atoms with E-state index in [-0.39, 0.29) is 12.3 Å². The standard InChI is InChI=1S/C22H21NO3/c1-16(22(25)23-15-17-8-3-2-4-9-17)26-21(24)14-19-12-7-11-18-10-5-6-13-20(18)19/h2-13,16H,14-15H2,1H3,(H,23,25)/t16-/m0/s1. The Kier molecular flexibility index (Phi) is 5.64. The first-order valence-electron chi connectivity index (χ1n) is 8.61. The molecule has 1 N–H and O–H groups in total. The molecule has 0 heterocycles. The third kappa shape index (κ3) is 4.48. The molecule has 26 heavy (non-hydrogen) atoms. The first kappa shape index (κ1) is 17.7. The summed E-state index contributed by atoms with van der Waals surface area (Å²) in [4.78, 5) is 24.4. The van der Waals surface area contributed by atoms with Gasteiger partial charge in [0, 0.05) is 6.54 Å². The van der Waals surface area contributed by atoms with Gasteiger partial charge in [-0.1, -0.05) is 72.8 Å². The first-order chi connectivity index (χ1) is 12.6. The minimum Gasteiger partial charge on any atom is -0.452 e. The second-order valence-corrected chi connectivity index (χ2v) is 6.15. The van der Waals surface area contributed by atoms with Crippen LogP contribution in [0.2, 0.25) is 0 Å². The number of nitrogens with one attached hydrogen (secondary N) is 1. The zero-order valence-electron chi connectivity index (χ0n) is 14.6. The summed E-state index contributed by atoms with van der Waals surface area (Å²) in [7, 11) is 0. The van der Waals surface area contributed by atoms with Gasteiger partial charge in [0.1, 0.15) is 0 Å². The molecule has 0 radical (unpaired) electrons. The number of rotatable bonds is 6. The molecule has 0 aliphatic rings. The normalized spacial score (nSPS) is 11.7.